The Labute approximate surface area is 160 Å². The van der Waals surface area contributed by atoms with Crippen LogP contribution in [0.2, 0.25) is 0 Å². The molecule has 0 saturated heterocycles. The second-order valence-electron chi connectivity index (χ2n) is 5.16. The van der Waals surface area contributed by atoms with E-state index in [0.29, 0.717) is 0 Å². The van der Waals surface area contributed by atoms with E-state index in [1.807, 2.05) is 67.7 Å². The van der Waals surface area contributed by atoms with Crippen molar-refractivity contribution in [1.29, 1.82) is 0 Å². The van der Waals surface area contributed by atoms with E-state index in [4.69, 9.17) is 0 Å². The molecule has 0 atom stereocenters. The second-order valence-corrected chi connectivity index (χ2v) is 5.16. The summed E-state index contributed by atoms with van der Waals surface area (Å²) in [6.07, 6.45) is 1.83. The number of ketones is 1. The Morgan fingerprint density at radius 3 is 1.65 bits per heavy atom. The highest BCUT2D eigenvalue weighted by molar-refractivity contribution is 5.96. The first-order valence-corrected chi connectivity index (χ1v) is 9.82. The topological polar surface area (TPSA) is 30.0 Å². The van der Waals surface area contributed by atoms with Crippen molar-refractivity contribution >= 4 is 27.5 Å². The molecule has 0 aliphatic carbocycles. The van der Waals surface area contributed by atoms with Gasteiger partial charge in [-0.25, -0.2) is 0 Å². The lowest BCUT2D eigenvalue weighted by atomic mass is 10.1. The monoisotopic (exact) mass is 355 g/mol. The standard InChI is InChI=1S/C13H9N.C5H10O.3C2H6/c1-2-5-11-9-13-12(6-3-7-14-13)8-10(11)4-1;1-4(2)5(3)6;3*1-2/h1-9H;4H,1-3H3;3*1-2H3. The largest absolute Gasteiger partial charge is 0.300 e. The fraction of sp³-hybridized carbons (Fsp3) is 0.417. The number of carbonyl (C=O) groups excluding carboxylic acids is 1. The Balaban J connectivity index is 0. The van der Waals surface area contributed by atoms with Crippen LogP contribution in [0.1, 0.15) is 62.3 Å². The minimum absolute atomic E-state index is 0.213. The van der Waals surface area contributed by atoms with E-state index in [1.54, 1.807) is 6.92 Å². The molecule has 0 amide bonds. The first-order valence-electron chi connectivity index (χ1n) is 9.82. The van der Waals surface area contributed by atoms with E-state index in [2.05, 4.69) is 47.4 Å². The number of benzene rings is 2. The lowest BCUT2D eigenvalue weighted by Gasteiger charge is -2.00. The maximum Gasteiger partial charge on any atom is 0.132 e. The molecule has 3 aromatic rings. The minimum Gasteiger partial charge on any atom is -0.300 e. The third-order valence-corrected chi connectivity index (χ3v) is 3.28. The average molecular weight is 356 g/mol. The first-order chi connectivity index (χ1) is 12.6. The van der Waals surface area contributed by atoms with E-state index in [1.165, 1.54) is 16.2 Å². The maximum absolute atomic E-state index is 10.1. The van der Waals surface area contributed by atoms with Gasteiger partial charge in [0.1, 0.15) is 5.78 Å². The zero-order chi connectivity index (χ0) is 20.5. The molecule has 0 aliphatic heterocycles. The molecule has 26 heavy (non-hydrogen) atoms. The molecule has 0 unspecified atom stereocenters. The molecule has 144 valence electrons. The van der Waals surface area contributed by atoms with Crippen LogP contribution in [0.3, 0.4) is 0 Å². The predicted molar refractivity (Wildman–Crippen MR) is 119 cm³/mol. The van der Waals surface area contributed by atoms with Crippen LogP contribution in [0.4, 0.5) is 0 Å². The summed E-state index contributed by atoms with van der Waals surface area (Å²) in [5.41, 5.74) is 1.06. The summed E-state index contributed by atoms with van der Waals surface area (Å²) < 4.78 is 0. The van der Waals surface area contributed by atoms with E-state index in [0.717, 1.165) is 5.52 Å². The number of hydrogen-bond acceptors (Lipinski definition) is 2. The molecule has 1 heterocycles. The molecule has 0 saturated carbocycles. The molecule has 0 aliphatic rings. The Kier molecular flexibility index (Phi) is 16.3. The van der Waals surface area contributed by atoms with Crippen LogP contribution in [0.15, 0.2) is 54.7 Å². The van der Waals surface area contributed by atoms with Gasteiger partial charge >= 0.3 is 0 Å². The van der Waals surface area contributed by atoms with Crippen molar-refractivity contribution in [2.24, 2.45) is 5.92 Å². The zero-order valence-corrected chi connectivity index (χ0v) is 18.1. The van der Waals surface area contributed by atoms with Gasteiger partial charge in [-0.2, -0.15) is 0 Å². The highest BCUT2D eigenvalue weighted by Gasteiger charge is 1.96. The quantitative estimate of drug-likeness (QED) is 0.419. The number of pyridine rings is 1. The minimum atomic E-state index is 0.213. The SMILES string of the molecule is CC.CC.CC.CC(=O)C(C)C.c1ccc2cc3ncccc3cc2c1. The molecule has 0 radical (unpaired) electrons. The van der Waals surface area contributed by atoms with E-state index in [9.17, 15) is 4.79 Å². The third kappa shape index (κ3) is 9.31. The summed E-state index contributed by atoms with van der Waals surface area (Å²) in [4.78, 5) is 14.5. The van der Waals surface area contributed by atoms with Crippen molar-refractivity contribution < 1.29 is 4.79 Å². The highest BCUT2D eigenvalue weighted by atomic mass is 16.1. The molecule has 0 fully saturated rings. The van der Waals surface area contributed by atoms with Crippen molar-refractivity contribution in [2.45, 2.75) is 62.3 Å². The molecule has 0 spiro atoms. The van der Waals surface area contributed by atoms with Crippen molar-refractivity contribution in [3.8, 4) is 0 Å². The second kappa shape index (κ2) is 16.3. The van der Waals surface area contributed by atoms with Crippen LogP contribution in [-0.4, -0.2) is 10.8 Å². The Hall–Kier alpha value is -2.22. The Morgan fingerprint density at radius 2 is 1.19 bits per heavy atom. The third-order valence-electron chi connectivity index (χ3n) is 3.28. The Bertz CT molecular complexity index is 627. The highest BCUT2D eigenvalue weighted by Crippen LogP contribution is 2.20. The van der Waals surface area contributed by atoms with Gasteiger partial charge < -0.3 is 0 Å². The van der Waals surface area contributed by atoms with Crippen LogP contribution < -0.4 is 0 Å². The molecule has 2 aromatic carbocycles. The van der Waals surface area contributed by atoms with Gasteiger partial charge in [0.05, 0.1) is 5.52 Å². The van der Waals surface area contributed by atoms with Crippen molar-refractivity contribution in [2.75, 3.05) is 0 Å². The van der Waals surface area contributed by atoms with Crippen LogP contribution in [0.5, 0.6) is 0 Å². The molecule has 0 bridgehead atoms. The smallest absolute Gasteiger partial charge is 0.132 e. The van der Waals surface area contributed by atoms with Gasteiger partial charge in [0.2, 0.25) is 0 Å². The number of fused-ring (bicyclic) bond motifs is 2. The number of Topliss-reactive ketones (excluding diaryl/α,β-unsaturated/α-hetero) is 1. The molecule has 2 heteroatoms. The fourth-order valence-electron chi connectivity index (χ4n) is 1.76. The van der Waals surface area contributed by atoms with Crippen molar-refractivity contribution in [3.63, 3.8) is 0 Å². The predicted octanol–water partition coefficient (Wildman–Crippen LogP) is 7.70. The van der Waals surface area contributed by atoms with Gasteiger partial charge in [0.15, 0.2) is 0 Å². The van der Waals surface area contributed by atoms with Gasteiger partial charge in [-0.15, -0.1) is 0 Å². The van der Waals surface area contributed by atoms with Crippen LogP contribution in [-0.2, 0) is 4.79 Å². The van der Waals surface area contributed by atoms with Gasteiger partial charge in [0.25, 0.3) is 0 Å². The molecule has 3 rings (SSSR count). The lowest BCUT2D eigenvalue weighted by Crippen LogP contribution is -1.98. The van der Waals surface area contributed by atoms with Crippen LogP contribution in [0.25, 0.3) is 21.7 Å². The summed E-state index contributed by atoms with van der Waals surface area (Å²) in [6.45, 7) is 17.4. The van der Waals surface area contributed by atoms with Gasteiger partial charge in [0, 0.05) is 17.5 Å². The molecular formula is C24H37NO. The summed E-state index contributed by atoms with van der Waals surface area (Å²) in [5, 5.41) is 3.72. The molecule has 0 N–H and O–H groups in total. The summed E-state index contributed by atoms with van der Waals surface area (Å²) in [5.74, 6) is 0.472. The fourth-order valence-corrected chi connectivity index (χ4v) is 1.76. The zero-order valence-electron chi connectivity index (χ0n) is 18.1. The number of aromatic nitrogens is 1. The molecule has 1 aromatic heterocycles. The van der Waals surface area contributed by atoms with Crippen LogP contribution >= 0.6 is 0 Å². The number of carbonyl (C=O) groups is 1. The van der Waals surface area contributed by atoms with Gasteiger partial charge in [-0.3, -0.25) is 9.78 Å². The number of nitrogens with zero attached hydrogens (tertiary/aromatic N) is 1. The van der Waals surface area contributed by atoms with Gasteiger partial charge in [-0.1, -0.05) is 85.7 Å². The molecular weight excluding hydrogens is 318 g/mol. The summed E-state index contributed by atoms with van der Waals surface area (Å²) in [6, 6.07) is 16.7. The van der Waals surface area contributed by atoms with E-state index >= 15 is 0 Å². The van der Waals surface area contributed by atoms with E-state index < -0.39 is 0 Å². The maximum atomic E-state index is 10.1. The first kappa shape index (κ1) is 26.0. The van der Waals surface area contributed by atoms with Gasteiger partial charge in [-0.05, 0) is 35.9 Å². The van der Waals surface area contributed by atoms with Crippen molar-refractivity contribution in [3.05, 3.63) is 54.7 Å². The Morgan fingerprint density at radius 1 is 0.769 bits per heavy atom. The average Bonchev–Trinajstić information content (AvgIpc) is 2.71. The molecule has 2 nitrogen and oxygen atoms in total. The lowest BCUT2D eigenvalue weighted by molar-refractivity contribution is -0.119. The van der Waals surface area contributed by atoms with Crippen LogP contribution in [0, 0.1) is 5.92 Å². The van der Waals surface area contributed by atoms with Crippen molar-refractivity contribution in [1.82, 2.24) is 4.98 Å². The van der Waals surface area contributed by atoms with E-state index in [-0.39, 0.29) is 11.7 Å². The summed E-state index contributed by atoms with van der Waals surface area (Å²) >= 11 is 0. The number of hydrogen-bond donors (Lipinski definition) is 0. The normalized spacial score (nSPS) is 8.69. The summed E-state index contributed by atoms with van der Waals surface area (Å²) in [7, 11) is 0. The number of rotatable bonds is 1.